The van der Waals surface area contributed by atoms with Crippen LogP contribution in [0.15, 0.2) is 35.7 Å². The van der Waals surface area contributed by atoms with Crippen LogP contribution in [-0.4, -0.2) is 23.8 Å². The number of benzene rings is 1. The lowest BCUT2D eigenvalue weighted by atomic mass is 10.1. The first-order valence-electron chi connectivity index (χ1n) is 7.52. The van der Waals surface area contributed by atoms with Gasteiger partial charge in [-0.15, -0.1) is 24.5 Å². The Kier molecular flexibility index (Phi) is 4.71. The number of halogens is 3. The molecule has 132 valence electrons. The molecule has 25 heavy (non-hydrogen) atoms. The highest BCUT2D eigenvalue weighted by molar-refractivity contribution is 7.12. The predicted molar refractivity (Wildman–Crippen MR) is 90.1 cm³/mol. The predicted octanol–water partition coefficient (Wildman–Crippen LogP) is 4.41. The van der Waals surface area contributed by atoms with Gasteiger partial charge in [0.25, 0.3) is 5.91 Å². The minimum atomic E-state index is -4.73. The molecule has 3 rings (SSSR count). The van der Waals surface area contributed by atoms with Crippen LogP contribution in [0.1, 0.15) is 20.9 Å². The average molecular weight is 368 g/mol. The lowest BCUT2D eigenvalue weighted by molar-refractivity contribution is -0.274. The number of amides is 1. The fourth-order valence-corrected chi connectivity index (χ4v) is 3.32. The molecule has 1 aromatic carbocycles. The van der Waals surface area contributed by atoms with Crippen molar-refractivity contribution >= 4 is 28.1 Å². The van der Waals surface area contributed by atoms with Crippen molar-refractivity contribution in [2.24, 2.45) is 0 Å². The number of hydrogen-bond acceptors (Lipinski definition) is 3. The molecule has 0 spiro atoms. The first-order valence-corrected chi connectivity index (χ1v) is 8.40. The molecule has 2 N–H and O–H groups in total. The van der Waals surface area contributed by atoms with Gasteiger partial charge < -0.3 is 15.0 Å². The molecular formula is C17H15F3N2O2S. The minimum absolute atomic E-state index is 0.159. The number of alkyl halides is 3. The third-order valence-corrected chi connectivity index (χ3v) is 4.60. The molecule has 1 amide bonds. The summed E-state index contributed by atoms with van der Waals surface area (Å²) in [5, 5.41) is 5.29. The smallest absolute Gasteiger partial charge is 0.406 e. The largest absolute Gasteiger partial charge is 0.573 e. The summed E-state index contributed by atoms with van der Waals surface area (Å²) < 4.78 is 41.2. The summed E-state index contributed by atoms with van der Waals surface area (Å²) in [5.74, 6) is -0.420. The van der Waals surface area contributed by atoms with Gasteiger partial charge in [-0.05, 0) is 48.6 Å². The van der Waals surface area contributed by atoms with Crippen LogP contribution >= 0.6 is 11.3 Å². The van der Waals surface area contributed by atoms with E-state index in [2.05, 4.69) is 15.0 Å². The van der Waals surface area contributed by atoms with Crippen LogP contribution in [0.5, 0.6) is 5.75 Å². The fraction of sp³-hybridized carbons (Fsp3) is 0.235. The van der Waals surface area contributed by atoms with Gasteiger partial charge in [0.05, 0.1) is 4.88 Å². The Morgan fingerprint density at radius 2 is 2.12 bits per heavy atom. The van der Waals surface area contributed by atoms with Crippen LogP contribution in [0.3, 0.4) is 0 Å². The van der Waals surface area contributed by atoms with Gasteiger partial charge in [-0.1, -0.05) is 6.07 Å². The normalized spacial score (nSPS) is 11.7. The molecule has 0 bridgehead atoms. The van der Waals surface area contributed by atoms with Gasteiger partial charge >= 0.3 is 6.36 Å². The van der Waals surface area contributed by atoms with Gasteiger partial charge in [0.1, 0.15) is 5.75 Å². The average Bonchev–Trinajstić information content (AvgIpc) is 3.14. The summed E-state index contributed by atoms with van der Waals surface area (Å²) in [6.45, 7) is 2.23. The summed E-state index contributed by atoms with van der Waals surface area (Å²) in [6, 6.07) is 7.72. The summed E-state index contributed by atoms with van der Waals surface area (Å²) in [6.07, 6.45) is -4.23. The molecule has 0 aliphatic rings. The Morgan fingerprint density at radius 3 is 2.80 bits per heavy atom. The third kappa shape index (κ3) is 4.14. The highest BCUT2D eigenvalue weighted by Crippen LogP contribution is 2.29. The van der Waals surface area contributed by atoms with Gasteiger partial charge in [-0.25, -0.2) is 0 Å². The van der Waals surface area contributed by atoms with Crippen molar-refractivity contribution in [2.75, 3.05) is 6.54 Å². The van der Waals surface area contributed by atoms with E-state index in [0.29, 0.717) is 23.2 Å². The van der Waals surface area contributed by atoms with E-state index in [1.54, 1.807) is 18.2 Å². The van der Waals surface area contributed by atoms with Gasteiger partial charge in [-0.3, -0.25) is 4.79 Å². The number of hydrogen-bond donors (Lipinski definition) is 2. The summed E-state index contributed by atoms with van der Waals surface area (Å²) in [4.78, 5) is 15.7. The monoisotopic (exact) mass is 368 g/mol. The molecule has 0 fully saturated rings. The Balaban J connectivity index is 1.74. The van der Waals surface area contributed by atoms with Crippen molar-refractivity contribution < 1.29 is 22.7 Å². The molecule has 0 aliphatic carbocycles. The summed E-state index contributed by atoms with van der Waals surface area (Å²) in [7, 11) is 0. The Bertz CT molecular complexity index is 885. The molecule has 3 aromatic rings. The van der Waals surface area contributed by atoms with Crippen molar-refractivity contribution in [3.63, 3.8) is 0 Å². The fourth-order valence-electron chi connectivity index (χ4n) is 2.68. The van der Waals surface area contributed by atoms with E-state index in [-0.39, 0.29) is 11.7 Å². The molecule has 0 radical (unpaired) electrons. The van der Waals surface area contributed by atoms with Gasteiger partial charge in [0, 0.05) is 23.1 Å². The highest BCUT2D eigenvalue weighted by atomic mass is 32.1. The van der Waals surface area contributed by atoms with Crippen LogP contribution in [0.25, 0.3) is 10.9 Å². The van der Waals surface area contributed by atoms with Gasteiger partial charge in [0.2, 0.25) is 0 Å². The maximum Gasteiger partial charge on any atom is 0.573 e. The number of thiophene rings is 1. The van der Waals surface area contributed by atoms with Crippen molar-refractivity contribution in [3.05, 3.63) is 51.8 Å². The van der Waals surface area contributed by atoms with Gasteiger partial charge in [-0.2, -0.15) is 0 Å². The number of ether oxygens (including phenoxy) is 1. The minimum Gasteiger partial charge on any atom is -0.406 e. The van der Waals surface area contributed by atoms with Gasteiger partial charge in [0.15, 0.2) is 0 Å². The summed E-state index contributed by atoms with van der Waals surface area (Å²) >= 11 is 1.35. The molecule has 0 unspecified atom stereocenters. The number of fused-ring (bicyclic) bond motifs is 1. The number of carbonyl (C=O) groups excluding carboxylic acids is 1. The number of carbonyl (C=O) groups is 1. The zero-order valence-corrected chi connectivity index (χ0v) is 14.1. The van der Waals surface area contributed by atoms with Crippen LogP contribution in [0, 0.1) is 6.92 Å². The number of rotatable bonds is 5. The molecular weight excluding hydrogens is 353 g/mol. The molecule has 0 atom stereocenters. The highest BCUT2D eigenvalue weighted by Gasteiger charge is 2.31. The molecule has 0 aliphatic heterocycles. The third-order valence-electron chi connectivity index (χ3n) is 3.73. The molecule has 2 heterocycles. The van der Waals surface area contributed by atoms with Crippen molar-refractivity contribution in [1.29, 1.82) is 0 Å². The van der Waals surface area contributed by atoms with Crippen molar-refractivity contribution in [3.8, 4) is 5.75 Å². The van der Waals surface area contributed by atoms with Crippen LogP contribution < -0.4 is 10.1 Å². The topological polar surface area (TPSA) is 54.1 Å². The first-order chi connectivity index (χ1) is 11.8. The first kappa shape index (κ1) is 17.3. The maximum atomic E-state index is 12.4. The van der Waals surface area contributed by atoms with Crippen LogP contribution in [-0.2, 0) is 6.42 Å². The second kappa shape index (κ2) is 6.79. The van der Waals surface area contributed by atoms with Crippen LogP contribution in [0.4, 0.5) is 13.2 Å². The Morgan fingerprint density at radius 1 is 1.32 bits per heavy atom. The van der Waals surface area contributed by atoms with Crippen molar-refractivity contribution in [2.45, 2.75) is 19.7 Å². The lowest BCUT2D eigenvalue weighted by Crippen LogP contribution is -2.24. The van der Waals surface area contributed by atoms with Crippen LogP contribution in [0.2, 0.25) is 0 Å². The molecule has 0 saturated heterocycles. The maximum absolute atomic E-state index is 12.4. The SMILES string of the molecule is Cc1[nH]c2ccc(OC(F)(F)F)cc2c1CCNC(=O)c1cccs1. The Hall–Kier alpha value is -2.48. The number of aromatic nitrogens is 1. The summed E-state index contributed by atoms with van der Waals surface area (Å²) in [5.41, 5.74) is 2.44. The van der Waals surface area contributed by atoms with E-state index in [4.69, 9.17) is 0 Å². The quantitative estimate of drug-likeness (QED) is 0.701. The van der Waals surface area contributed by atoms with E-state index in [0.717, 1.165) is 16.8 Å². The second-order valence-corrected chi connectivity index (χ2v) is 6.41. The molecule has 8 heteroatoms. The second-order valence-electron chi connectivity index (χ2n) is 5.47. The van der Waals surface area contributed by atoms with E-state index in [1.807, 2.05) is 12.3 Å². The van der Waals surface area contributed by atoms with E-state index in [1.165, 1.54) is 23.5 Å². The van der Waals surface area contributed by atoms with Crippen molar-refractivity contribution in [1.82, 2.24) is 10.3 Å². The Labute approximate surface area is 145 Å². The number of H-pyrrole nitrogens is 1. The molecule has 4 nitrogen and oxygen atoms in total. The molecule has 0 saturated carbocycles. The zero-order chi connectivity index (χ0) is 18.0. The number of nitrogens with one attached hydrogen (secondary N) is 2. The van der Waals surface area contributed by atoms with E-state index < -0.39 is 6.36 Å². The van der Waals surface area contributed by atoms with E-state index >= 15 is 0 Å². The standard InChI is InChI=1S/C17H15F3N2O2S/c1-10-12(6-7-21-16(23)15-3-2-8-25-15)13-9-11(24-17(18,19)20)4-5-14(13)22-10/h2-5,8-9,22H,6-7H2,1H3,(H,21,23). The number of aromatic amines is 1. The van der Waals surface area contributed by atoms with E-state index in [9.17, 15) is 18.0 Å². The molecule has 2 aromatic heterocycles. The zero-order valence-electron chi connectivity index (χ0n) is 13.2. The number of aryl methyl sites for hydroxylation is 1. The lowest BCUT2D eigenvalue weighted by Gasteiger charge is -2.09.